The third-order valence-electron chi connectivity index (χ3n) is 0.992. The summed E-state index contributed by atoms with van der Waals surface area (Å²) in [5.41, 5.74) is -0.823. The van der Waals surface area contributed by atoms with Crippen molar-refractivity contribution in [1.82, 2.24) is 0 Å². The highest BCUT2D eigenvalue weighted by atomic mass is 16.6. The van der Waals surface area contributed by atoms with Gasteiger partial charge in [-0.2, -0.15) is 0 Å². The Hall–Kier alpha value is -1.45. The van der Waals surface area contributed by atoms with Gasteiger partial charge in [-0.25, -0.2) is 0 Å². The van der Waals surface area contributed by atoms with Crippen LogP contribution in [0, 0.1) is 23.7 Å². The van der Waals surface area contributed by atoms with E-state index in [0.717, 1.165) is 0 Å². The van der Waals surface area contributed by atoms with Gasteiger partial charge in [-0.15, -0.1) is 0 Å². The second-order valence-corrected chi connectivity index (χ2v) is 2.81. The van der Waals surface area contributed by atoms with Crippen molar-refractivity contribution in [2.24, 2.45) is 0 Å². The molecule has 70 valence electrons. The van der Waals surface area contributed by atoms with Crippen LogP contribution in [0.15, 0.2) is 0 Å². The lowest BCUT2D eigenvalue weighted by Gasteiger charge is -2.16. The molecule has 0 aromatic heterocycles. The maximum Gasteiger partial charge on any atom is 0.304 e. The highest BCUT2D eigenvalue weighted by molar-refractivity contribution is 5.67. The first-order valence-electron chi connectivity index (χ1n) is 3.78. The summed E-state index contributed by atoms with van der Waals surface area (Å²) in [6.45, 7) is 4.44. The van der Waals surface area contributed by atoms with Gasteiger partial charge in [-0.3, -0.25) is 4.79 Å². The summed E-state index contributed by atoms with van der Waals surface area (Å²) < 4.78 is 4.88. The van der Waals surface area contributed by atoms with E-state index in [1.54, 1.807) is 13.8 Å². The molecular formula is C10H12O3. The van der Waals surface area contributed by atoms with E-state index in [2.05, 4.69) is 23.7 Å². The highest BCUT2D eigenvalue weighted by Gasteiger charge is 2.16. The number of carbonyl (C=O) groups excluding carboxylic acids is 1. The fraction of sp³-hybridized carbons (Fsp3) is 0.500. The minimum atomic E-state index is -0.823. The fourth-order valence-electron chi connectivity index (χ4n) is 0.650. The molecule has 0 rings (SSSR count). The molecule has 0 fully saturated rings. The van der Waals surface area contributed by atoms with Crippen LogP contribution in [0.2, 0.25) is 0 Å². The maximum atomic E-state index is 10.6. The molecule has 1 N–H and O–H groups in total. The molecule has 0 spiro atoms. The molecule has 0 aromatic rings. The SMILES string of the molecule is CC(=O)OC(C)(C)C#CC#CCO. The van der Waals surface area contributed by atoms with Crippen LogP contribution in [0.5, 0.6) is 0 Å². The van der Waals surface area contributed by atoms with E-state index in [9.17, 15) is 4.79 Å². The normalized spacial score (nSPS) is 8.92. The van der Waals surface area contributed by atoms with E-state index >= 15 is 0 Å². The summed E-state index contributed by atoms with van der Waals surface area (Å²) in [5.74, 6) is 9.53. The van der Waals surface area contributed by atoms with Gasteiger partial charge < -0.3 is 9.84 Å². The Kier molecular flexibility index (Phi) is 4.66. The van der Waals surface area contributed by atoms with E-state index in [-0.39, 0.29) is 12.6 Å². The Morgan fingerprint density at radius 3 is 2.54 bits per heavy atom. The van der Waals surface area contributed by atoms with Crippen molar-refractivity contribution in [3.8, 4) is 23.7 Å². The third-order valence-corrected chi connectivity index (χ3v) is 0.992. The molecular weight excluding hydrogens is 168 g/mol. The number of ether oxygens (including phenoxy) is 1. The van der Waals surface area contributed by atoms with Gasteiger partial charge in [0.1, 0.15) is 6.61 Å². The van der Waals surface area contributed by atoms with E-state index in [1.807, 2.05) is 0 Å². The van der Waals surface area contributed by atoms with E-state index in [0.29, 0.717) is 0 Å². The molecule has 0 amide bonds. The molecule has 0 saturated carbocycles. The van der Waals surface area contributed by atoms with Gasteiger partial charge in [-0.1, -0.05) is 5.92 Å². The van der Waals surface area contributed by atoms with Gasteiger partial charge in [0.2, 0.25) is 0 Å². The van der Waals surface area contributed by atoms with Crippen molar-refractivity contribution in [2.45, 2.75) is 26.4 Å². The van der Waals surface area contributed by atoms with E-state index < -0.39 is 5.60 Å². The number of aliphatic hydroxyl groups is 1. The van der Waals surface area contributed by atoms with Gasteiger partial charge in [0, 0.05) is 6.92 Å². The van der Waals surface area contributed by atoms with Gasteiger partial charge in [-0.05, 0) is 31.6 Å². The Labute approximate surface area is 78.1 Å². The van der Waals surface area contributed by atoms with Crippen LogP contribution in [-0.4, -0.2) is 23.3 Å². The van der Waals surface area contributed by atoms with Crippen LogP contribution in [-0.2, 0) is 9.53 Å². The minimum absolute atomic E-state index is 0.220. The molecule has 0 atom stereocenters. The maximum absolute atomic E-state index is 10.6. The first kappa shape index (κ1) is 11.6. The Bertz CT molecular complexity index is 294. The predicted octanol–water partition coefficient (Wildman–Crippen LogP) is 0.327. The standard InChI is InChI=1S/C10H12O3/c1-9(12)13-10(2,3)7-5-4-6-8-11/h11H,8H2,1-3H3. The van der Waals surface area contributed by atoms with Crippen LogP contribution >= 0.6 is 0 Å². The van der Waals surface area contributed by atoms with Gasteiger partial charge in [0.15, 0.2) is 5.60 Å². The number of hydrogen-bond donors (Lipinski definition) is 1. The van der Waals surface area contributed by atoms with Crippen molar-refractivity contribution < 1.29 is 14.6 Å². The summed E-state index contributed by atoms with van der Waals surface area (Å²) in [7, 11) is 0. The number of carbonyl (C=O) groups is 1. The van der Waals surface area contributed by atoms with Crippen LogP contribution in [0.4, 0.5) is 0 Å². The molecule has 0 aromatic carbocycles. The zero-order chi connectivity index (χ0) is 10.3. The lowest BCUT2D eigenvalue weighted by Crippen LogP contribution is -2.24. The second kappa shape index (κ2) is 5.24. The average molecular weight is 180 g/mol. The van der Waals surface area contributed by atoms with Gasteiger partial charge >= 0.3 is 5.97 Å². The molecule has 0 saturated heterocycles. The molecule has 3 heteroatoms. The lowest BCUT2D eigenvalue weighted by molar-refractivity contribution is -0.148. The summed E-state index contributed by atoms with van der Waals surface area (Å²) in [4.78, 5) is 10.6. The average Bonchev–Trinajstić information content (AvgIpc) is 1.95. The van der Waals surface area contributed by atoms with Crippen LogP contribution in [0.25, 0.3) is 0 Å². The smallest absolute Gasteiger partial charge is 0.304 e. The van der Waals surface area contributed by atoms with Crippen LogP contribution < -0.4 is 0 Å². The van der Waals surface area contributed by atoms with Crippen molar-refractivity contribution >= 4 is 5.97 Å². The molecule has 3 nitrogen and oxygen atoms in total. The van der Waals surface area contributed by atoms with Crippen molar-refractivity contribution in [1.29, 1.82) is 0 Å². The topological polar surface area (TPSA) is 46.5 Å². The van der Waals surface area contributed by atoms with Crippen molar-refractivity contribution in [2.75, 3.05) is 6.61 Å². The first-order valence-corrected chi connectivity index (χ1v) is 3.78. The molecule has 0 aliphatic rings. The third kappa shape index (κ3) is 6.93. The monoisotopic (exact) mass is 180 g/mol. The van der Waals surface area contributed by atoms with Gasteiger partial charge in [0.05, 0.1) is 0 Å². The second-order valence-electron chi connectivity index (χ2n) is 2.81. The number of hydrogen-bond acceptors (Lipinski definition) is 3. The molecule has 0 heterocycles. The predicted molar refractivity (Wildman–Crippen MR) is 48.5 cm³/mol. The summed E-state index contributed by atoms with van der Waals surface area (Å²) in [6, 6.07) is 0. The molecule has 0 aliphatic heterocycles. The van der Waals surface area contributed by atoms with Gasteiger partial charge in [0.25, 0.3) is 0 Å². The van der Waals surface area contributed by atoms with Crippen molar-refractivity contribution in [3.63, 3.8) is 0 Å². The Balaban J connectivity index is 4.28. The molecule has 13 heavy (non-hydrogen) atoms. The fourth-order valence-corrected chi connectivity index (χ4v) is 0.650. The summed E-state index contributed by atoms with van der Waals surface area (Å²) in [6.07, 6.45) is 0. The molecule has 0 unspecified atom stereocenters. The first-order chi connectivity index (χ1) is 5.98. The zero-order valence-electron chi connectivity index (χ0n) is 7.97. The number of rotatable bonds is 1. The number of aliphatic hydroxyl groups excluding tert-OH is 1. The van der Waals surface area contributed by atoms with Crippen LogP contribution in [0.1, 0.15) is 20.8 Å². The Morgan fingerprint density at radius 2 is 2.08 bits per heavy atom. The van der Waals surface area contributed by atoms with Crippen LogP contribution in [0.3, 0.4) is 0 Å². The molecule has 0 radical (unpaired) electrons. The quantitative estimate of drug-likeness (QED) is 0.467. The van der Waals surface area contributed by atoms with E-state index in [1.165, 1.54) is 6.92 Å². The summed E-state index contributed by atoms with van der Waals surface area (Å²) in [5, 5.41) is 8.31. The van der Waals surface area contributed by atoms with E-state index in [4.69, 9.17) is 9.84 Å². The summed E-state index contributed by atoms with van der Waals surface area (Å²) >= 11 is 0. The molecule has 0 aliphatic carbocycles. The zero-order valence-corrected chi connectivity index (χ0v) is 7.97. The highest BCUT2D eigenvalue weighted by Crippen LogP contribution is 2.06. The Morgan fingerprint density at radius 1 is 1.46 bits per heavy atom. The number of esters is 1. The minimum Gasteiger partial charge on any atom is -0.447 e. The lowest BCUT2D eigenvalue weighted by atomic mass is 10.1. The van der Waals surface area contributed by atoms with Crippen molar-refractivity contribution in [3.05, 3.63) is 0 Å². The largest absolute Gasteiger partial charge is 0.447 e. The molecule has 0 bridgehead atoms.